The molecule has 0 aliphatic heterocycles. The normalized spacial score (nSPS) is 28.8. The molecular formula is C8H14ClNOS. The van der Waals surface area contributed by atoms with Gasteiger partial charge < -0.3 is 5.32 Å². The Morgan fingerprint density at radius 2 is 2.42 bits per heavy atom. The summed E-state index contributed by atoms with van der Waals surface area (Å²) in [5.74, 6) is 0.0417. The van der Waals surface area contributed by atoms with Crippen molar-refractivity contribution in [2.24, 2.45) is 0 Å². The Morgan fingerprint density at radius 1 is 1.67 bits per heavy atom. The fraction of sp³-hybridized carbons (Fsp3) is 0.875. The van der Waals surface area contributed by atoms with Gasteiger partial charge in [-0.2, -0.15) is 11.8 Å². The lowest BCUT2D eigenvalue weighted by Gasteiger charge is -2.18. The predicted molar refractivity (Wildman–Crippen MR) is 53.8 cm³/mol. The van der Waals surface area contributed by atoms with E-state index in [-0.39, 0.29) is 11.8 Å². The highest BCUT2D eigenvalue weighted by Crippen LogP contribution is 2.28. The van der Waals surface area contributed by atoms with Gasteiger partial charge in [0.25, 0.3) is 0 Å². The van der Waals surface area contributed by atoms with Gasteiger partial charge in [-0.3, -0.25) is 4.79 Å². The average molecular weight is 208 g/mol. The van der Waals surface area contributed by atoms with Crippen LogP contribution in [0.4, 0.5) is 0 Å². The Hall–Kier alpha value is 0.110. The van der Waals surface area contributed by atoms with E-state index in [1.54, 1.807) is 0 Å². The van der Waals surface area contributed by atoms with Crippen molar-refractivity contribution in [1.29, 1.82) is 0 Å². The Bertz CT molecular complexity index is 165. The molecule has 0 aromatic carbocycles. The van der Waals surface area contributed by atoms with Crippen LogP contribution in [0.3, 0.4) is 0 Å². The van der Waals surface area contributed by atoms with Crippen molar-refractivity contribution in [2.75, 3.05) is 12.1 Å². The Labute approximate surface area is 82.4 Å². The third-order valence-electron chi connectivity index (χ3n) is 2.22. The van der Waals surface area contributed by atoms with Gasteiger partial charge in [-0.05, 0) is 19.1 Å². The van der Waals surface area contributed by atoms with Crippen molar-refractivity contribution in [3.63, 3.8) is 0 Å². The van der Waals surface area contributed by atoms with E-state index < -0.39 is 0 Å². The lowest BCUT2D eigenvalue weighted by atomic mass is 10.2. The van der Waals surface area contributed by atoms with Crippen LogP contribution in [-0.2, 0) is 4.79 Å². The molecule has 1 fully saturated rings. The quantitative estimate of drug-likeness (QED) is 0.713. The standard InChI is InChI=1S/C8H14ClNOS/c1-12-7-4-2-3-6(7)10-8(11)5-9/h6-7H,2-5H2,1H3,(H,10,11). The predicted octanol–water partition coefficient (Wildman–Crippen LogP) is 1.63. The Kier molecular flexibility index (Phi) is 4.22. The van der Waals surface area contributed by atoms with Gasteiger partial charge >= 0.3 is 0 Å². The number of nitrogens with one attached hydrogen (secondary N) is 1. The minimum atomic E-state index is -0.0392. The van der Waals surface area contributed by atoms with Crippen LogP contribution in [-0.4, -0.2) is 29.3 Å². The third-order valence-corrected chi connectivity index (χ3v) is 3.64. The molecule has 1 aliphatic carbocycles. The van der Waals surface area contributed by atoms with Crippen molar-refractivity contribution in [3.05, 3.63) is 0 Å². The monoisotopic (exact) mass is 207 g/mol. The van der Waals surface area contributed by atoms with E-state index in [9.17, 15) is 4.79 Å². The molecule has 0 radical (unpaired) electrons. The molecule has 12 heavy (non-hydrogen) atoms. The van der Waals surface area contributed by atoms with Crippen molar-refractivity contribution in [1.82, 2.24) is 5.32 Å². The van der Waals surface area contributed by atoms with E-state index in [2.05, 4.69) is 11.6 Å². The molecule has 1 saturated carbocycles. The van der Waals surface area contributed by atoms with E-state index in [0.717, 1.165) is 6.42 Å². The number of alkyl halides is 1. The number of halogens is 1. The van der Waals surface area contributed by atoms with Crippen LogP contribution in [0.25, 0.3) is 0 Å². The summed E-state index contributed by atoms with van der Waals surface area (Å²) in [6, 6.07) is 0.353. The molecule has 0 aromatic rings. The van der Waals surface area contributed by atoms with Crippen molar-refractivity contribution >= 4 is 29.3 Å². The van der Waals surface area contributed by atoms with E-state index >= 15 is 0 Å². The molecule has 0 spiro atoms. The van der Waals surface area contributed by atoms with E-state index in [1.165, 1.54) is 12.8 Å². The summed E-state index contributed by atoms with van der Waals surface area (Å²) in [5, 5.41) is 3.53. The second kappa shape index (κ2) is 4.97. The Morgan fingerprint density at radius 3 is 3.00 bits per heavy atom. The van der Waals surface area contributed by atoms with Gasteiger partial charge in [-0.15, -0.1) is 11.6 Å². The zero-order valence-electron chi connectivity index (χ0n) is 7.18. The first-order valence-electron chi connectivity index (χ1n) is 4.16. The summed E-state index contributed by atoms with van der Waals surface area (Å²) in [4.78, 5) is 11.0. The maximum atomic E-state index is 11.0. The first-order valence-corrected chi connectivity index (χ1v) is 5.98. The van der Waals surface area contributed by atoms with Gasteiger partial charge in [0.05, 0.1) is 0 Å². The number of carbonyl (C=O) groups is 1. The Balaban J connectivity index is 2.35. The fourth-order valence-corrected chi connectivity index (χ4v) is 2.63. The smallest absolute Gasteiger partial charge is 0.235 e. The van der Waals surface area contributed by atoms with E-state index in [0.29, 0.717) is 11.3 Å². The largest absolute Gasteiger partial charge is 0.351 e. The minimum Gasteiger partial charge on any atom is -0.351 e. The summed E-state index contributed by atoms with van der Waals surface area (Å²) in [7, 11) is 0. The zero-order valence-corrected chi connectivity index (χ0v) is 8.75. The number of hydrogen-bond donors (Lipinski definition) is 1. The molecule has 0 saturated heterocycles. The van der Waals surface area contributed by atoms with Gasteiger partial charge in [-0.25, -0.2) is 0 Å². The molecule has 0 bridgehead atoms. The fourth-order valence-electron chi connectivity index (χ4n) is 1.62. The van der Waals surface area contributed by atoms with Crippen LogP contribution in [0.2, 0.25) is 0 Å². The molecule has 0 aromatic heterocycles. The molecular weight excluding hydrogens is 194 g/mol. The molecule has 2 nitrogen and oxygen atoms in total. The number of thioether (sulfide) groups is 1. The van der Waals surface area contributed by atoms with Crippen molar-refractivity contribution < 1.29 is 4.79 Å². The first-order chi connectivity index (χ1) is 5.77. The zero-order chi connectivity index (χ0) is 8.97. The van der Waals surface area contributed by atoms with Gasteiger partial charge in [0.1, 0.15) is 5.88 Å². The van der Waals surface area contributed by atoms with Crippen molar-refractivity contribution in [3.8, 4) is 0 Å². The maximum Gasteiger partial charge on any atom is 0.235 e. The van der Waals surface area contributed by atoms with Crippen LogP contribution in [0.5, 0.6) is 0 Å². The van der Waals surface area contributed by atoms with Crippen LogP contribution in [0.15, 0.2) is 0 Å². The van der Waals surface area contributed by atoms with Crippen molar-refractivity contribution in [2.45, 2.75) is 30.6 Å². The molecule has 70 valence electrons. The lowest BCUT2D eigenvalue weighted by molar-refractivity contribution is -0.119. The number of carbonyl (C=O) groups excluding carboxylic acids is 1. The third kappa shape index (κ3) is 2.56. The SMILES string of the molecule is CSC1CCCC1NC(=O)CCl. The molecule has 4 heteroatoms. The summed E-state index contributed by atoms with van der Waals surface area (Å²) < 4.78 is 0. The highest BCUT2D eigenvalue weighted by molar-refractivity contribution is 7.99. The van der Waals surface area contributed by atoms with Crippen LogP contribution in [0, 0.1) is 0 Å². The average Bonchev–Trinajstić information content (AvgIpc) is 2.51. The second-order valence-corrected chi connectivity index (χ2v) is 4.36. The van der Waals surface area contributed by atoms with Gasteiger partial charge in [0.2, 0.25) is 5.91 Å². The molecule has 1 amide bonds. The second-order valence-electron chi connectivity index (χ2n) is 3.01. The van der Waals surface area contributed by atoms with Crippen LogP contribution in [0.1, 0.15) is 19.3 Å². The number of rotatable bonds is 3. The number of amides is 1. The van der Waals surface area contributed by atoms with Crippen LogP contribution >= 0.6 is 23.4 Å². The summed E-state index contributed by atoms with van der Waals surface area (Å²) in [6.45, 7) is 0. The molecule has 2 unspecified atom stereocenters. The maximum absolute atomic E-state index is 11.0. The minimum absolute atomic E-state index is 0.0392. The molecule has 1 aliphatic rings. The highest BCUT2D eigenvalue weighted by Gasteiger charge is 2.27. The summed E-state index contributed by atoms with van der Waals surface area (Å²) >= 11 is 7.24. The molecule has 1 rings (SSSR count). The van der Waals surface area contributed by atoms with E-state index in [1.807, 2.05) is 11.8 Å². The van der Waals surface area contributed by atoms with Crippen LogP contribution < -0.4 is 5.32 Å². The number of hydrogen-bond acceptors (Lipinski definition) is 2. The first kappa shape index (κ1) is 10.2. The molecule has 1 N–H and O–H groups in total. The van der Waals surface area contributed by atoms with Gasteiger partial charge in [0, 0.05) is 11.3 Å². The highest BCUT2D eigenvalue weighted by atomic mass is 35.5. The summed E-state index contributed by atoms with van der Waals surface area (Å²) in [6.07, 6.45) is 5.64. The van der Waals surface area contributed by atoms with Gasteiger partial charge in [0.15, 0.2) is 0 Å². The summed E-state index contributed by atoms with van der Waals surface area (Å²) in [5.41, 5.74) is 0. The lowest BCUT2D eigenvalue weighted by Crippen LogP contribution is -2.39. The topological polar surface area (TPSA) is 29.1 Å². The molecule has 0 heterocycles. The molecule has 2 atom stereocenters. The van der Waals surface area contributed by atoms with Gasteiger partial charge in [-0.1, -0.05) is 6.42 Å². The van der Waals surface area contributed by atoms with E-state index in [4.69, 9.17) is 11.6 Å².